The molecule has 0 unspecified atom stereocenters. The highest BCUT2D eigenvalue weighted by Crippen LogP contribution is 2.76. The van der Waals surface area contributed by atoms with E-state index in [1.807, 2.05) is 0 Å². The number of carboxylic acid groups (broad SMARTS) is 2. The van der Waals surface area contributed by atoms with Crippen molar-refractivity contribution >= 4 is 11.9 Å². The molecular formula is C36H56O10. The smallest absolute Gasteiger partial charge is 0.310 e. The average molecular weight is 649 g/mol. The first-order valence-electron chi connectivity index (χ1n) is 17.4. The summed E-state index contributed by atoms with van der Waals surface area (Å²) in [5.74, 6) is -3.33. The summed E-state index contributed by atoms with van der Waals surface area (Å²) in [5.41, 5.74) is -2.14. The Bertz CT molecular complexity index is 1300. The van der Waals surface area contributed by atoms with E-state index in [2.05, 4.69) is 40.7 Å². The van der Waals surface area contributed by atoms with E-state index in [0.717, 1.165) is 25.7 Å². The molecule has 260 valence electrons. The molecule has 1 heterocycles. The fourth-order valence-corrected chi connectivity index (χ4v) is 12.8. The van der Waals surface area contributed by atoms with Crippen LogP contribution in [0.5, 0.6) is 0 Å². The summed E-state index contributed by atoms with van der Waals surface area (Å²) in [7, 11) is 0. The number of aliphatic carboxylic acids is 2. The summed E-state index contributed by atoms with van der Waals surface area (Å²) in [6.45, 7) is 12.2. The van der Waals surface area contributed by atoms with Crippen molar-refractivity contribution in [2.75, 3.05) is 6.61 Å². The van der Waals surface area contributed by atoms with Gasteiger partial charge in [0.25, 0.3) is 0 Å². The highest BCUT2D eigenvalue weighted by Gasteiger charge is 2.73. The Morgan fingerprint density at radius 2 is 1.48 bits per heavy atom. The lowest BCUT2D eigenvalue weighted by molar-refractivity contribution is -0.287. The molecule has 6 aliphatic rings. The second kappa shape index (κ2) is 10.7. The lowest BCUT2D eigenvalue weighted by Gasteiger charge is -2.71. The zero-order valence-corrected chi connectivity index (χ0v) is 28.3. The molecule has 5 aliphatic carbocycles. The van der Waals surface area contributed by atoms with Crippen LogP contribution in [0.25, 0.3) is 0 Å². The van der Waals surface area contributed by atoms with Gasteiger partial charge in [-0.15, -0.1) is 0 Å². The summed E-state index contributed by atoms with van der Waals surface area (Å²) in [5, 5.41) is 75.5. The zero-order chi connectivity index (χ0) is 34.0. The van der Waals surface area contributed by atoms with Crippen molar-refractivity contribution in [3.8, 4) is 0 Å². The molecule has 4 saturated carbocycles. The van der Waals surface area contributed by atoms with Gasteiger partial charge in [0.1, 0.15) is 24.4 Å². The normalized spacial score (nSPS) is 54.7. The van der Waals surface area contributed by atoms with Crippen LogP contribution in [0, 0.1) is 56.2 Å². The minimum atomic E-state index is -1.67. The van der Waals surface area contributed by atoms with Crippen LogP contribution in [0.15, 0.2) is 11.6 Å². The van der Waals surface area contributed by atoms with Gasteiger partial charge in [-0.1, -0.05) is 46.3 Å². The van der Waals surface area contributed by atoms with Crippen molar-refractivity contribution in [3.63, 3.8) is 0 Å². The average Bonchev–Trinajstić information content (AvgIpc) is 2.96. The number of allylic oxidation sites excluding steroid dienone is 2. The standard InChI is InChI=1S/C36H56O10/c1-31(2)11-13-36(30(44)45)14-12-33(4)18(19(36)15-31)7-8-22-32(3)16-20(38)24(28-27(41)26(40)25(39)21(17-37)46-28)35(6,29(42)43)23(32)9-10-34(22,33)5/h7,19-28,37-41H,8-17H2,1-6H3,(H,42,43)(H,44,45)/t19-,20-,21+,22+,23+,24+,25+,26-,27+,28-,32+,33+,34+,35-,36-/m0/s1. The second-order valence-electron chi connectivity index (χ2n) is 17.9. The van der Waals surface area contributed by atoms with E-state index in [1.165, 1.54) is 5.57 Å². The Morgan fingerprint density at radius 1 is 0.826 bits per heavy atom. The Hall–Kier alpha value is -1.56. The molecule has 46 heavy (non-hydrogen) atoms. The number of hydrogen-bond acceptors (Lipinski definition) is 8. The topological polar surface area (TPSA) is 185 Å². The van der Waals surface area contributed by atoms with Crippen molar-refractivity contribution in [2.45, 2.75) is 136 Å². The molecule has 10 heteroatoms. The highest BCUT2D eigenvalue weighted by atomic mass is 16.5. The van der Waals surface area contributed by atoms with E-state index >= 15 is 0 Å². The van der Waals surface area contributed by atoms with Gasteiger partial charge >= 0.3 is 11.9 Å². The van der Waals surface area contributed by atoms with Gasteiger partial charge in [-0.05, 0) is 104 Å². The molecule has 0 aromatic rings. The summed E-state index contributed by atoms with van der Waals surface area (Å²) < 4.78 is 5.92. The molecule has 0 bridgehead atoms. The number of aliphatic hydroxyl groups is 5. The number of rotatable bonds is 4. The molecular weight excluding hydrogens is 592 g/mol. The van der Waals surface area contributed by atoms with Crippen LogP contribution < -0.4 is 0 Å². The van der Waals surface area contributed by atoms with Crippen LogP contribution in [0.1, 0.15) is 99.3 Å². The predicted octanol–water partition coefficient (Wildman–Crippen LogP) is 3.37. The SMILES string of the molecule is CC1(C)CC[C@]2(C(=O)O)CC[C@]3(C)C(=CC[C@@H]4[C@@]5(C)C[C@H](O)[C@H]([C@@H]6O[C@H](CO)[C@@H](O)[C@H](O)[C@H]6O)[C@@](C)(C(=O)O)[C@@H]5CC[C@]43C)[C@@H]2C1. The van der Waals surface area contributed by atoms with Crippen LogP contribution in [-0.4, -0.2) is 90.9 Å². The van der Waals surface area contributed by atoms with Gasteiger partial charge in [0.05, 0.1) is 29.6 Å². The maximum Gasteiger partial charge on any atom is 0.310 e. The number of aliphatic hydroxyl groups excluding tert-OH is 5. The zero-order valence-electron chi connectivity index (χ0n) is 28.3. The molecule has 10 nitrogen and oxygen atoms in total. The largest absolute Gasteiger partial charge is 0.481 e. The first kappa shape index (κ1) is 34.3. The lowest BCUT2D eigenvalue weighted by Crippen LogP contribution is -2.71. The van der Waals surface area contributed by atoms with Crippen LogP contribution in [0.2, 0.25) is 0 Å². The molecule has 1 saturated heterocycles. The van der Waals surface area contributed by atoms with Crippen LogP contribution >= 0.6 is 0 Å². The Labute approximate surface area is 272 Å². The Morgan fingerprint density at radius 3 is 2.09 bits per heavy atom. The summed E-state index contributed by atoms with van der Waals surface area (Å²) >= 11 is 0. The highest BCUT2D eigenvalue weighted by molar-refractivity contribution is 5.77. The van der Waals surface area contributed by atoms with Crippen molar-refractivity contribution in [1.82, 2.24) is 0 Å². The third kappa shape index (κ3) is 4.28. The quantitative estimate of drug-likeness (QED) is 0.223. The number of fused-ring (bicyclic) bond motifs is 7. The van der Waals surface area contributed by atoms with Crippen molar-refractivity contribution in [2.24, 2.45) is 56.2 Å². The van der Waals surface area contributed by atoms with Crippen molar-refractivity contribution in [3.05, 3.63) is 11.6 Å². The summed E-state index contributed by atoms with van der Waals surface area (Å²) in [6.07, 6.45) is -0.282. The van der Waals surface area contributed by atoms with Crippen LogP contribution in [0.4, 0.5) is 0 Å². The number of carbonyl (C=O) groups is 2. The van der Waals surface area contributed by atoms with E-state index in [-0.39, 0.29) is 34.5 Å². The first-order valence-corrected chi connectivity index (χ1v) is 17.4. The van der Waals surface area contributed by atoms with Gasteiger partial charge in [-0.25, -0.2) is 0 Å². The van der Waals surface area contributed by atoms with Crippen LogP contribution in [0.3, 0.4) is 0 Å². The molecule has 1 aliphatic heterocycles. The van der Waals surface area contributed by atoms with Crippen LogP contribution in [-0.2, 0) is 14.3 Å². The van der Waals surface area contributed by atoms with Gasteiger partial charge < -0.3 is 40.5 Å². The van der Waals surface area contributed by atoms with Crippen molar-refractivity contribution in [1.29, 1.82) is 0 Å². The molecule has 5 fully saturated rings. The van der Waals surface area contributed by atoms with Crippen molar-refractivity contribution < 1.29 is 50.1 Å². The van der Waals surface area contributed by atoms with Gasteiger partial charge in [0.15, 0.2) is 0 Å². The van der Waals surface area contributed by atoms with E-state index in [4.69, 9.17) is 4.74 Å². The number of hydrogen-bond donors (Lipinski definition) is 7. The van der Waals surface area contributed by atoms with E-state index < -0.39 is 83.3 Å². The molecule has 15 atom stereocenters. The lowest BCUT2D eigenvalue weighted by atomic mass is 9.32. The summed E-state index contributed by atoms with van der Waals surface area (Å²) in [6, 6.07) is 0. The monoisotopic (exact) mass is 648 g/mol. The number of carboxylic acids is 2. The molecule has 0 aromatic heterocycles. The first-order chi connectivity index (χ1) is 21.2. The minimum Gasteiger partial charge on any atom is -0.481 e. The molecule has 7 N–H and O–H groups in total. The third-order valence-electron chi connectivity index (χ3n) is 15.6. The van der Waals surface area contributed by atoms with Gasteiger partial charge in [-0.3, -0.25) is 9.59 Å². The van der Waals surface area contributed by atoms with Gasteiger partial charge in [-0.2, -0.15) is 0 Å². The van der Waals surface area contributed by atoms with Gasteiger partial charge in [0, 0.05) is 5.92 Å². The maximum absolute atomic E-state index is 13.4. The molecule has 0 aromatic carbocycles. The molecule has 0 radical (unpaired) electrons. The molecule has 6 rings (SSSR count). The minimum absolute atomic E-state index is 0.0190. The molecule has 0 amide bonds. The fraction of sp³-hybridized carbons (Fsp3) is 0.889. The Balaban J connectivity index is 1.41. The van der Waals surface area contributed by atoms with Gasteiger partial charge in [0.2, 0.25) is 0 Å². The second-order valence-corrected chi connectivity index (χ2v) is 17.9. The predicted molar refractivity (Wildman–Crippen MR) is 167 cm³/mol. The van der Waals surface area contributed by atoms with E-state index in [9.17, 15) is 45.3 Å². The number of ether oxygens (including phenoxy) is 1. The fourth-order valence-electron chi connectivity index (χ4n) is 12.8. The molecule has 0 spiro atoms. The van der Waals surface area contributed by atoms with E-state index in [1.54, 1.807) is 6.92 Å². The van der Waals surface area contributed by atoms with E-state index in [0.29, 0.717) is 25.7 Å². The maximum atomic E-state index is 13.4. The summed E-state index contributed by atoms with van der Waals surface area (Å²) in [4.78, 5) is 26.4. The Kier molecular flexibility index (Phi) is 7.99. The third-order valence-corrected chi connectivity index (χ3v) is 15.6.